The minimum atomic E-state index is -0.121. The van der Waals surface area contributed by atoms with Gasteiger partial charge in [-0.25, -0.2) is 0 Å². The molecule has 1 N–H and O–H groups in total. The zero-order valence-corrected chi connectivity index (χ0v) is 13.3. The molecule has 0 bridgehead atoms. The summed E-state index contributed by atoms with van der Waals surface area (Å²) in [6.45, 7) is -0.0452. The second-order valence-corrected chi connectivity index (χ2v) is 6.23. The summed E-state index contributed by atoms with van der Waals surface area (Å²) >= 11 is 15.2. The molecule has 0 atom stereocenters. The lowest BCUT2D eigenvalue weighted by molar-refractivity contribution is -0.123. The second-order valence-electron chi connectivity index (χ2n) is 4.54. The molecule has 0 saturated heterocycles. The van der Waals surface area contributed by atoms with E-state index in [2.05, 4.69) is 21.2 Å². The summed E-state index contributed by atoms with van der Waals surface area (Å²) < 4.78 is 6.08. The van der Waals surface area contributed by atoms with Crippen LogP contribution in [-0.4, -0.2) is 18.6 Å². The highest BCUT2D eigenvalue weighted by atomic mass is 79.9. The van der Waals surface area contributed by atoms with Crippen molar-refractivity contribution >= 4 is 45.0 Å². The zero-order valence-electron chi connectivity index (χ0n) is 10.2. The van der Waals surface area contributed by atoms with E-state index in [9.17, 15) is 4.79 Å². The molecule has 1 saturated carbocycles. The zero-order chi connectivity index (χ0) is 13.8. The van der Waals surface area contributed by atoms with Crippen molar-refractivity contribution in [2.75, 3.05) is 6.61 Å². The molecule has 3 nitrogen and oxygen atoms in total. The van der Waals surface area contributed by atoms with Gasteiger partial charge in [-0.1, -0.05) is 36.0 Å². The summed E-state index contributed by atoms with van der Waals surface area (Å²) in [5.41, 5.74) is 0. The topological polar surface area (TPSA) is 38.3 Å². The van der Waals surface area contributed by atoms with E-state index in [1.165, 1.54) is 12.8 Å². The molecule has 0 aliphatic heterocycles. The van der Waals surface area contributed by atoms with Crippen LogP contribution in [0.1, 0.15) is 25.7 Å². The third-order valence-electron chi connectivity index (χ3n) is 3.03. The fourth-order valence-electron chi connectivity index (χ4n) is 2.14. The van der Waals surface area contributed by atoms with E-state index in [1.54, 1.807) is 12.1 Å². The maximum atomic E-state index is 11.7. The third kappa shape index (κ3) is 4.26. The number of rotatable bonds is 4. The summed E-state index contributed by atoms with van der Waals surface area (Å²) in [4.78, 5) is 11.7. The van der Waals surface area contributed by atoms with Gasteiger partial charge in [-0.05, 0) is 40.9 Å². The molecule has 0 unspecified atom stereocenters. The summed E-state index contributed by atoms with van der Waals surface area (Å²) in [6.07, 6.45) is 4.47. The SMILES string of the molecule is O=C(COc1c(Cl)cc(Cl)cc1Br)NC1CCCC1. The number of benzene rings is 1. The molecule has 0 aromatic heterocycles. The van der Waals surface area contributed by atoms with Crippen LogP contribution in [0.25, 0.3) is 0 Å². The molecule has 1 fully saturated rings. The first-order valence-electron chi connectivity index (χ1n) is 6.13. The van der Waals surface area contributed by atoms with E-state index in [1.807, 2.05) is 0 Å². The molecular formula is C13H14BrCl2NO2. The monoisotopic (exact) mass is 365 g/mol. The molecule has 1 aromatic carbocycles. The molecule has 1 aromatic rings. The lowest BCUT2D eigenvalue weighted by Gasteiger charge is -2.14. The minimum absolute atomic E-state index is 0.0452. The molecule has 6 heteroatoms. The van der Waals surface area contributed by atoms with Gasteiger partial charge in [-0.3, -0.25) is 4.79 Å². The Kier molecular flexibility index (Phi) is 5.37. The molecule has 1 aliphatic rings. The standard InChI is InChI=1S/C13H14BrCl2NO2/c14-10-5-8(15)6-11(16)13(10)19-7-12(18)17-9-3-1-2-4-9/h5-6,9H,1-4,7H2,(H,17,18). The van der Waals surface area contributed by atoms with Gasteiger partial charge in [0.2, 0.25) is 0 Å². The van der Waals surface area contributed by atoms with Crippen molar-refractivity contribution in [1.29, 1.82) is 0 Å². The summed E-state index contributed by atoms with van der Waals surface area (Å²) in [6, 6.07) is 3.55. The molecule has 1 amide bonds. The lowest BCUT2D eigenvalue weighted by Crippen LogP contribution is -2.36. The van der Waals surface area contributed by atoms with Crippen LogP contribution in [0.15, 0.2) is 16.6 Å². The highest BCUT2D eigenvalue weighted by Gasteiger charge is 2.18. The molecular weight excluding hydrogens is 353 g/mol. The van der Waals surface area contributed by atoms with Crippen molar-refractivity contribution in [2.45, 2.75) is 31.7 Å². The Labute approximate surface area is 130 Å². The quantitative estimate of drug-likeness (QED) is 0.867. The van der Waals surface area contributed by atoms with Crippen LogP contribution in [0.4, 0.5) is 0 Å². The van der Waals surface area contributed by atoms with E-state index in [-0.39, 0.29) is 12.5 Å². The van der Waals surface area contributed by atoms with Gasteiger partial charge in [0.25, 0.3) is 5.91 Å². The normalized spacial score (nSPS) is 15.5. The Morgan fingerprint density at radius 3 is 2.68 bits per heavy atom. The number of hydrogen-bond acceptors (Lipinski definition) is 2. The molecule has 0 radical (unpaired) electrons. The maximum Gasteiger partial charge on any atom is 0.258 e. The first kappa shape index (κ1) is 14.9. The summed E-state index contributed by atoms with van der Waals surface area (Å²) in [5.74, 6) is 0.317. The van der Waals surface area contributed by atoms with Gasteiger partial charge in [0.05, 0.1) is 9.50 Å². The van der Waals surface area contributed by atoms with Crippen molar-refractivity contribution in [2.24, 2.45) is 0 Å². The highest BCUT2D eigenvalue weighted by Crippen LogP contribution is 2.35. The van der Waals surface area contributed by atoms with Crippen LogP contribution >= 0.6 is 39.1 Å². The van der Waals surface area contributed by atoms with E-state index in [0.717, 1.165) is 12.8 Å². The number of hydrogen-bond donors (Lipinski definition) is 1. The van der Waals surface area contributed by atoms with Crippen LogP contribution in [0.3, 0.4) is 0 Å². The molecule has 2 rings (SSSR count). The van der Waals surface area contributed by atoms with Crippen molar-refractivity contribution in [3.63, 3.8) is 0 Å². The van der Waals surface area contributed by atoms with Crippen LogP contribution in [0.5, 0.6) is 5.75 Å². The van der Waals surface area contributed by atoms with Gasteiger partial charge in [-0.15, -0.1) is 0 Å². The Morgan fingerprint density at radius 2 is 2.05 bits per heavy atom. The Balaban J connectivity index is 1.89. The Hall–Kier alpha value is -0.450. The van der Waals surface area contributed by atoms with Gasteiger partial charge in [0, 0.05) is 11.1 Å². The number of amides is 1. The molecule has 104 valence electrons. The first-order valence-corrected chi connectivity index (χ1v) is 7.68. The second kappa shape index (κ2) is 6.82. The molecule has 0 spiro atoms. The Bertz CT molecular complexity index is 453. The molecule has 19 heavy (non-hydrogen) atoms. The van der Waals surface area contributed by atoms with Gasteiger partial charge in [-0.2, -0.15) is 0 Å². The van der Waals surface area contributed by atoms with Crippen LogP contribution in [0.2, 0.25) is 10.0 Å². The predicted molar refractivity (Wildman–Crippen MR) is 80.1 cm³/mol. The average molecular weight is 367 g/mol. The largest absolute Gasteiger partial charge is 0.481 e. The molecule has 1 aliphatic carbocycles. The van der Waals surface area contributed by atoms with Crippen LogP contribution < -0.4 is 10.1 Å². The van der Waals surface area contributed by atoms with E-state index >= 15 is 0 Å². The first-order chi connectivity index (χ1) is 9.06. The highest BCUT2D eigenvalue weighted by molar-refractivity contribution is 9.10. The fraction of sp³-hybridized carbons (Fsp3) is 0.462. The third-order valence-corrected chi connectivity index (χ3v) is 4.12. The number of ether oxygens (including phenoxy) is 1. The number of carbonyl (C=O) groups is 1. The van der Waals surface area contributed by atoms with Crippen molar-refractivity contribution in [1.82, 2.24) is 5.32 Å². The smallest absolute Gasteiger partial charge is 0.258 e. The maximum absolute atomic E-state index is 11.7. The van der Waals surface area contributed by atoms with E-state index in [4.69, 9.17) is 27.9 Å². The number of carbonyl (C=O) groups excluding carboxylic acids is 1. The Morgan fingerprint density at radius 1 is 1.37 bits per heavy atom. The van der Waals surface area contributed by atoms with Crippen molar-refractivity contribution < 1.29 is 9.53 Å². The van der Waals surface area contributed by atoms with Gasteiger partial charge in [0.1, 0.15) is 0 Å². The average Bonchev–Trinajstić information content (AvgIpc) is 2.80. The number of nitrogens with one attached hydrogen (secondary N) is 1. The van der Waals surface area contributed by atoms with Crippen molar-refractivity contribution in [3.8, 4) is 5.75 Å². The van der Waals surface area contributed by atoms with E-state index in [0.29, 0.717) is 26.3 Å². The fourth-order valence-corrected chi connectivity index (χ4v) is 3.51. The predicted octanol–water partition coefficient (Wildman–Crippen LogP) is 4.19. The summed E-state index contributed by atoms with van der Waals surface area (Å²) in [7, 11) is 0. The van der Waals surface area contributed by atoms with Gasteiger partial charge in [0.15, 0.2) is 12.4 Å². The lowest BCUT2D eigenvalue weighted by atomic mass is 10.2. The number of halogens is 3. The van der Waals surface area contributed by atoms with Gasteiger partial charge < -0.3 is 10.1 Å². The van der Waals surface area contributed by atoms with Crippen LogP contribution in [-0.2, 0) is 4.79 Å². The summed E-state index contributed by atoms with van der Waals surface area (Å²) in [5, 5.41) is 3.85. The molecule has 0 heterocycles. The minimum Gasteiger partial charge on any atom is -0.481 e. The van der Waals surface area contributed by atoms with E-state index < -0.39 is 0 Å². The van der Waals surface area contributed by atoms with Crippen molar-refractivity contribution in [3.05, 3.63) is 26.7 Å². The van der Waals surface area contributed by atoms with Crippen LogP contribution in [0, 0.1) is 0 Å². The van der Waals surface area contributed by atoms with Gasteiger partial charge >= 0.3 is 0 Å².